The van der Waals surface area contributed by atoms with Crippen molar-refractivity contribution in [3.05, 3.63) is 47.9 Å². The van der Waals surface area contributed by atoms with Crippen LogP contribution in [0.2, 0.25) is 0 Å². The molecular weight excluding hydrogens is 341 g/mol. The highest BCUT2D eigenvalue weighted by Gasteiger charge is 2.31. The molecule has 0 unspecified atom stereocenters. The van der Waals surface area contributed by atoms with Crippen LogP contribution in [-0.4, -0.2) is 36.7 Å². The molecule has 6 nitrogen and oxygen atoms in total. The fraction of sp³-hybridized carbons (Fsp3) is 0.250. The molecule has 9 heteroatoms. The predicted molar refractivity (Wildman–Crippen MR) is 82.2 cm³/mol. The average molecular weight is 356 g/mol. The van der Waals surface area contributed by atoms with Gasteiger partial charge in [0.2, 0.25) is 5.91 Å². The van der Waals surface area contributed by atoms with Crippen molar-refractivity contribution in [1.29, 1.82) is 0 Å². The second-order valence-corrected chi connectivity index (χ2v) is 5.21. The second-order valence-electron chi connectivity index (χ2n) is 5.21. The maximum atomic E-state index is 12.1. The number of alkyl halides is 3. The Morgan fingerprint density at radius 2 is 1.84 bits per heavy atom. The average Bonchev–Trinajstić information content (AvgIpc) is 2.93. The van der Waals surface area contributed by atoms with E-state index in [1.54, 1.807) is 13.0 Å². The number of ether oxygens (including phenoxy) is 1. The standard InChI is InChI=1S/C16H15F3N2O4/c1-10-7-8-24-14(10)15(23)21(2)9-13(22)20-11-3-5-12(6-4-11)25-16(17,18)19/h3-8H,9H2,1-2H3,(H,20,22). The molecule has 1 aromatic carbocycles. The predicted octanol–water partition coefficient (Wildman–Crippen LogP) is 3.20. The summed E-state index contributed by atoms with van der Waals surface area (Å²) < 4.78 is 45.0. The number of nitrogens with zero attached hydrogens (tertiary/aromatic N) is 1. The van der Waals surface area contributed by atoms with Gasteiger partial charge in [-0.3, -0.25) is 9.59 Å². The number of hydrogen-bond donors (Lipinski definition) is 1. The first-order valence-corrected chi connectivity index (χ1v) is 7.11. The molecule has 0 atom stereocenters. The van der Waals surface area contributed by atoms with E-state index >= 15 is 0 Å². The third kappa shape index (κ3) is 5.27. The summed E-state index contributed by atoms with van der Waals surface area (Å²) in [6, 6.07) is 6.30. The lowest BCUT2D eigenvalue weighted by atomic mass is 10.2. The molecule has 25 heavy (non-hydrogen) atoms. The fourth-order valence-electron chi connectivity index (χ4n) is 1.99. The van der Waals surface area contributed by atoms with Gasteiger partial charge in [0.15, 0.2) is 5.76 Å². The lowest BCUT2D eigenvalue weighted by molar-refractivity contribution is -0.274. The van der Waals surface area contributed by atoms with E-state index in [1.165, 1.54) is 30.3 Å². The van der Waals surface area contributed by atoms with Crippen molar-refractivity contribution in [2.24, 2.45) is 0 Å². The molecule has 0 fully saturated rings. The first kappa shape index (κ1) is 18.4. The summed E-state index contributed by atoms with van der Waals surface area (Å²) in [5.74, 6) is -1.22. The highest BCUT2D eigenvalue weighted by Crippen LogP contribution is 2.23. The smallest absolute Gasteiger partial charge is 0.459 e. The zero-order valence-corrected chi connectivity index (χ0v) is 13.4. The van der Waals surface area contributed by atoms with E-state index in [0.717, 1.165) is 12.1 Å². The molecule has 134 valence electrons. The maximum absolute atomic E-state index is 12.1. The van der Waals surface area contributed by atoms with Gasteiger partial charge >= 0.3 is 6.36 Å². The van der Waals surface area contributed by atoms with Gasteiger partial charge in [0.25, 0.3) is 5.91 Å². The summed E-state index contributed by atoms with van der Waals surface area (Å²) in [6.07, 6.45) is -3.40. The zero-order valence-electron chi connectivity index (χ0n) is 13.4. The Balaban J connectivity index is 1.91. The number of likely N-dealkylation sites (N-methyl/N-ethyl adjacent to an activating group) is 1. The summed E-state index contributed by atoms with van der Waals surface area (Å²) in [4.78, 5) is 25.2. The Labute approximate surface area is 141 Å². The molecular formula is C16H15F3N2O4. The quantitative estimate of drug-likeness (QED) is 0.893. The molecule has 2 rings (SSSR count). The molecule has 0 saturated carbocycles. The number of carbonyl (C=O) groups excluding carboxylic acids is 2. The first-order valence-electron chi connectivity index (χ1n) is 7.11. The third-order valence-electron chi connectivity index (χ3n) is 3.16. The number of anilines is 1. The van der Waals surface area contributed by atoms with Crippen LogP contribution in [0.25, 0.3) is 0 Å². The van der Waals surface area contributed by atoms with E-state index in [0.29, 0.717) is 5.56 Å². The van der Waals surface area contributed by atoms with Gasteiger partial charge in [-0.05, 0) is 37.3 Å². The Morgan fingerprint density at radius 3 is 2.36 bits per heavy atom. The molecule has 0 aliphatic carbocycles. The normalized spacial score (nSPS) is 11.1. The van der Waals surface area contributed by atoms with Crippen molar-refractivity contribution >= 4 is 17.5 Å². The summed E-state index contributed by atoms with van der Waals surface area (Å²) in [5.41, 5.74) is 0.923. The third-order valence-corrected chi connectivity index (χ3v) is 3.16. The molecule has 0 saturated heterocycles. The number of furan rings is 1. The van der Waals surface area contributed by atoms with Gasteiger partial charge in [-0.15, -0.1) is 13.2 Å². The molecule has 1 N–H and O–H groups in total. The molecule has 0 aliphatic rings. The van der Waals surface area contributed by atoms with Gasteiger partial charge < -0.3 is 19.4 Å². The topological polar surface area (TPSA) is 71.8 Å². The summed E-state index contributed by atoms with van der Waals surface area (Å²) in [6.45, 7) is 1.45. The maximum Gasteiger partial charge on any atom is 0.573 e. The van der Waals surface area contributed by atoms with Crippen LogP contribution in [0.3, 0.4) is 0 Å². The van der Waals surface area contributed by atoms with E-state index in [2.05, 4.69) is 10.1 Å². The number of halogens is 3. The van der Waals surface area contributed by atoms with Gasteiger partial charge in [0.05, 0.1) is 12.8 Å². The number of amides is 2. The lowest BCUT2D eigenvalue weighted by Crippen LogP contribution is -2.35. The van der Waals surface area contributed by atoms with Gasteiger partial charge in [0.1, 0.15) is 5.75 Å². The van der Waals surface area contributed by atoms with Gasteiger partial charge in [-0.1, -0.05) is 0 Å². The molecule has 0 aliphatic heterocycles. The van der Waals surface area contributed by atoms with Crippen LogP contribution in [0.4, 0.5) is 18.9 Å². The Bertz CT molecular complexity index is 753. The SMILES string of the molecule is Cc1ccoc1C(=O)N(C)CC(=O)Nc1ccc(OC(F)(F)F)cc1. The first-order chi connectivity index (χ1) is 11.7. The van der Waals surface area contributed by atoms with E-state index in [4.69, 9.17) is 4.42 Å². The zero-order chi connectivity index (χ0) is 18.6. The van der Waals surface area contributed by atoms with Gasteiger partial charge in [-0.25, -0.2) is 0 Å². The minimum Gasteiger partial charge on any atom is -0.459 e. The second kappa shape index (κ2) is 7.29. The molecule has 0 radical (unpaired) electrons. The van der Waals surface area contributed by atoms with Crippen LogP contribution >= 0.6 is 0 Å². The minimum atomic E-state index is -4.78. The molecule has 0 spiro atoms. The van der Waals surface area contributed by atoms with Crippen LogP contribution in [0.15, 0.2) is 41.0 Å². The lowest BCUT2D eigenvalue weighted by Gasteiger charge is -2.16. The van der Waals surface area contributed by atoms with Crippen LogP contribution in [0.5, 0.6) is 5.75 Å². The van der Waals surface area contributed by atoms with Crippen molar-refractivity contribution < 1.29 is 31.9 Å². The Morgan fingerprint density at radius 1 is 1.20 bits per heavy atom. The highest BCUT2D eigenvalue weighted by molar-refractivity contribution is 5.98. The van der Waals surface area contributed by atoms with Gasteiger partial charge in [-0.2, -0.15) is 0 Å². The molecule has 2 amide bonds. The fourth-order valence-corrected chi connectivity index (χ4v) is 1.99. The van der Waals surface area contributed by atoms with Crippen molar-refractivity contribution in [3.63, 3.8) is 0 Å². The molecule has 2 aromatic rings. The largest absolute Gasteiger partial charge is 0.573 e. The van der Waals surface area contributed by atoms with E-state index < -0.39 is 23.9 Å². The van der Waals surface area contributed by atoms with E-state index in [1.807, 2.05) is 0 Å². The van der Waals surface area contributed by atoms with Crippen LogP contribution in [-0.2, 0) is 4.79 Å². The van der Waals surface area contributed by atoms with Crippen LogP contribution in [0.1, 0.15) is 16.1 Å². The highest BCUT2D eigenvalue weighted by atomic mass is 19.4. The van der Waals surface area contributed by atoms with E-state index in [-0.39, 0.29) is 18.0 Å². The molecule has 0 bridgehead atoms. The molecule has 1 heterocycles. The van der Waals surface area contributed by atoms with E-state index in [9.17, 15) is 22.8 Å². The van der Waals surface area contributed by atoms with Crippen LogP contribution < -0.4 is 10.1 Å². The monoisotopic (exact) mass is 356 g/mol. The number of aryl methyl sites for hydroxylation is 1. The van der Waals surface area contributed by atoms with Crippen molar-refractivity contribution in [1.82, 2.24) is 4.90 Å². The number of carbonyl (C=O) groups is 2. The number of rotatable bonds is 5. The number of nitrogens with one attached hydrogen (secondary N) is 1. The minimum absolute atomic E-state index is 0.143. The molecule has 1 aromatic heterocycles. The van der Waals surface area contributed by atoms with Gasteiger partial charge in [0, 0.05) is 18.3 Å². The number of benzene rings is 1. The summed E-state index contributed by atoms with van der Waals surface area (Å²) in [7, 11) is 1.43. The van der Waals surface area contributed by atoms with Crippen molar-refractivity contribution in [2.75, 3.05) is 18.9 Å². The Kier molecular flexibility index (Phi) is 5.35. The summed E-state index contributed by atoms with van der Waals surface area (Å²) >= 11 is 0. The van der Waals surface area contributed by atoms with Crippen molar-refractivity contribution in [3.8, 4) is 5.75 Å². The number of hydrogen-bond acceptors (Lipinski definition) is 4. The van der Waals surface area contributed by atoms with Crippen molar-refractivity contribution in [2.45, 2.75) is 13.3 Å². The Hall–Kier alpha value is -2.97. The summed E-state index contributed by atoms with van der Waals surface area (Å²) in [5, 5.41) is 2.48. The van der Waals surface area contributed by atoms with Crippen LogP contribution in [0, 0.1) is 6.92 Å².